The van der Waals surface area contributed by atoms with Crippen molar-refractivity contribution in [1.29, 1.82) is 0 Å². The van der Waals surface area contributed by atoms with E-state index in [1.54, 1.807) is 6.92 Å². The first kappa shape index (κ1) is 18.1. The number of hydrogen-bond donors (Lipinski definition) is 2. The fourth-order valence-electron chi connectivity index (χ4n) is 2.27. The van der Waals surface area contributed by atoms with Crippen molar-refractivity contribution in [2.75, 3.05) is 18.8 Å². The van der Waals surface area contributed by atoms with Crippen molar-refractivity contribution in [3.63, 3.8) is 0 Å². The van der Waals surface area contributed by atoms with E-state index in [-0.39, 0.29) is 17.2 Å². The summed E-state index contributed by atoms with van der Waals surface area (Å²) in [5, 5.41) is 3.39. The number of hydrogen-bond acceptors (Lipinski definition) is 3. The number of rotatable bonds is 8. The van der Waals surface area contributed by atoms with Gasteiger partial charge < -0.3 is 5.32 Å². The molecule has 0 fully saturated rings. The predicted octanol–water partition coefficient (Wildman–Crippen LogP) is 2.69. The Morgan fingerprint density at radius 3 is 2.29 bits per heavy atom. The Hall–Kier alpha value is -0.910. The normalized spacial score (nSPS) is 14.1. The van der Waals surface area contributed by atoms with Crippen molar-refractivity contribution in [2.45, 2.75) is 40.2 Å². The summed E-state index contributed by atoms with van der Waals surface area (Å²) in [6, 6.07) is 10.4. The van der Waals surface area contributed by atoms with Gasteiger partial charge in [0.1, 0.15) is 0 Å². The van der Waals surface area contributed by atoms with Crippen LogP contribution in [0.1, 0.15) is 45.7 Å². The first-order valence-corrected chi connectivity index (χ1v) is 9.14. The zero-order chi connectivity index (χ0) is 15.9. The van der Waals surface area contributed by atoms with E-state index in [2.05, 4.69) is 42.9 Å². The molecule has 0 spiro atoms. The third kappa shape index (κ3) is 7.60. The van der Waals surface area contributed by atoms with Gasteiger partial charge in [-0.3, -0.25) is 0 Å². The third-order valence-corrected chi connectivity index (χ3v) is 4.61. The molecule has 0 amide bonds. The highest BCUT2D eigenvalue weighted by atomic mass is 32.2. The van der Waals surface area contributed by atoms with Crippen molar-refractivity contribution in [3.05, 3.63) is 35.9 Å². The zero-order valence-corrected chi connectivity index (χ0v) is 14.3. The van der Waals surface area contributed by atoms with Gasteiger partial charge in [-0.05, 0) is 17.4 Å². The highest BCUT2D eigenvalue weighted by molar-refractivity contribution is 7.89. The minimum absolute atomic E-state index is 0.105. The van der Waals surface area contributed by atoms with E-state index < -0.39 is 10.0 Å². The van der Waals surface area contributed by atoms with E-state index in [0.29, 0.717) is 13.1 Å². The molecule has 1 aromatic rings. The van der Waals surface area contributed by atoms with Crippen LogP contribution >= 0.6 is 0 Å². The molecule has 1 atom stereocenters. The summed E-state index contributed by atoms with van der Waals surface area (Å²) in [6.45, 7) is 9.26. The Morgan fingerprint density at radius 1 is 1.14 bits per heavy atom. The summed E-state index contributed by atoms with van der Waals surface area (Å²) >= 11 is 0. The molecule has 0 radical (unpaired) electrons. The van der Waals surface area contributed by atoms with Gasteiger partial charge in [0, 0.05) is 19.1 Å². The monoisotopic (exact) mass is 312 g/mol. The maximum absolute atomic E-state index is 11.7. The highest BCUT2D eigenvalue weighted by Crippen LogP contribution is 2.29. The molecule has 0 saturated heterocycles. The molecular weight excluding hydrogens is 284 g/mol. The molecule has 1 aromatic carbocycles. The van der Waals surface area contributed by atoms with Crippen LogP contribution in [-0.4, -0.2) is 27.3 Å². The van der Waals surface area contributed by atoms with E-state index >= 15 is 0 Å². The lowest BCUT2D eigenvalue weighted by Crippen LogP contribution is -2.34. The van der Waals surface area contributed by atoms with Crippen molar-refractivity contribution < 1.29 is 8.42 Å². The lowest BCUT2D eigenvalue weighted by Gasteiger charge is -2.27. The Labute approximate surface area is 129 Å². The highest BCUT2D eigenvalue weighted by Gasteiger charge is 2.20. The van der Waals surface area contributed by atoms with Gasteiger partial charge in [-0.25, -0.2) is 13.1 Å². The van der Waals surface area contributed by atoms with Crippen LogP contribution in [0.3, 0.4) is 0 Å². The number of benzene rings is 1. The average molecular weight is 312 g/mol. The summed E-state index contributed by atoms with van der Waals surface area (Å²) in [5.41, 5.74) is 1.38. The van der Waals surface area contributed by atoms with Crippen LogP contribution < -0.4 is 10.0 Å². The van der Waals surface area contributed by atoms with Gasteiger partial charge in [0.2, 0.25) is 10.0 Å². The van der Waals surface area contributed by atoms with Crippen LogP contribution in [0.4, 0.5) is 0 Å². The van der Waals surface area contributed by atoms with E-state index in [4.69, 9.17) is 0 Å². The summed E-state index contributed by atoms with van der Waals surface area (Å²) < 4.78 is 25.9. The second-order valence-corrected chi connectivity index (χ2v) is 8.43. The second-order valence-electron chi connectivity index (χ2n) is 6.50. The summed E-state index contributed by atoms with van der Waals surface area (Å²) in [5.74, 6) is 0.105. The first-order valence-electron chi connectivity index (χ1n) is 7.49. The molecule has 21 heavy (non-hydrogen) atoms. The van der Waals surface area contributed by atoms with Gasteiger partial charge >= 0.3 is 0 Å². The van der Waals surface area contributed by atoms with Gasteiger partial charge in [0.15, 0.2) is 0 Å². The van der Waals surface area contributed by atoms with Crippen LogP contribution in [-0.2, 0) is 10.0 Å². The number of sulfonamides is 1. The van der Waals surface area contributed by atoms with E-state index in [9.17, 15) is 8.42 Å². The first-order chi connectivity index (χ1) is 9.73. The minimum Gasteiger partial charge on any atom is -0.309 e. The van der Waals surface area contributed by atoms with Crippen LogP contribution in [0.2, 0.25) is 0 Å². The summed E-state index contributed by atoms with van der Waals surface area (Å²) in [4.78, 5) is 0. The molecule has 0 heterocycles. The van der Waals surface area contributed by atoms with Gasteiger partial charge in [0.25, 0.3) is 0 Å². The van der Waals surface area contributed by atoms with Gasteiger partial charge in [-0.15, -0.1) is 0 Å². The topological polar surface area (TPSA) is 58.2 Å². The molecule has 1 rings (SSSR count). The molecule has 0 aliphatic heterocycles. The van der Waals surface area contributed by atoms with E-state index in [1.807, 2.05) is 18.2 Å². The van der Waals surface area contributed by atoms with Crippen molar-refractivity contribution >= 4 is 10.0 Å². The molecule has 0 aliphatic carbocycles. The van der Waals surface area contributed by atoms with E-state index in [0.717, 1.165) is 6.42 Å². The molecule has 0 aliphatic rings. The van der Waals surface area contributed by atoms with Crippen molar-refractivity contribution in [1.82, 2.24) is 10.0 Å². The molecule has 0 saturated carbocycles. The second kappa shape index (κ2) is 7.92. The van der Waals surface area contributed by atoms with Crippen LogP contribution in [0.5, 0.6) is 0 Å². The van der Waals surface area contributed by atoms with E-state index in [1.165, 1.54) is 5.56 Å². The Kier molecular flexibility index (Phi) is 6.84. The molecule has 5 heteroatoms. The fraction of sp³-hybridized carbons (Fsp3) is 0.625. The quantitative estimate of drug-likeness (QED) is 0.776. The minimum atomic E-state index is -3.17. The van der Waals surface area contributed by atoms with Gasteiger partial charge in [-0.1, -0.05) is 58.0 Å². The summed E-state index contributed by atoms with van der Waals surface area (Å²) in [7, 11) is -3.17. The van der Waals surface area contributed by atoms with Crippen LogP contribution in [0.25, 0.3) is 0 Å². The standard InChI is InChI=1S/C16H28N2O2S/c1-5-18-21(19,20)12-11-17-15(13-16(2,3)4)14-9-7-6-8-10-14/h6-10,15,17-18H,5,11-13H2,1-4H3. The third-order valence-electron chi connectivity index (χ3n) is 3.14. The van der Waals surface area contributed by atoms with Crippen LogP contribution in [0.15, 0.2) is 30.3 Å². The van der Waals surface area contributed by atoms with Crippen molar-refractivity contribution in [2.24, 2.45) is 5.41 Å². The molecule has 120 valence electrons. The number of nitrogens with one attached hydrogen (secondary N) is 2. The van der Waals surface area contributed by atoms with Gasteiger partial charge in [-0.2, -0.15) is 0 Å². The smallest absolute Gasteiger partial charge is 0.212 e. The van der Waals surface area contributed by atoms with Crippen LogP contribution in [0, 0.1) is 5.41 Å². The maximum atomic E-state index is 11.7. The largest absolute Gasteiger partial charge is 0.309 e. The predicted molar refractivity (Wildman–Crippen MR) is 88.7 cm³/mol. The zero-order valence-electron chi connectivity index (χ0n) is 13.5. The van der Waals surface area contributed by atoms with Gasteiger partial charge in [0.05, 0.1) is 5.75 Å². The lowest BCUT2D eigenvalue weighted by atomic mass is 9.85. The SMILES string of the molecule is CCNS(=O)(=O)CCNC(CC(C)(C)C)c1ccccc1. The Balaban J connectivity index is 2.67. The molecule has 4 nitrogen and oxygen atoms in total. The molecular formula is C16H28N2O2S. The molecule has 2 N–H and O–H groups in total. The molecule has 1 unspecified atom stereocenters. The molecule has 0 aromatic heterocycles. The fourth-order valence-corrected chi connectivity index (χ4v) is 3.24. The lowest BCUT2D eigenvalue weighted by molar-refractivity contribution is 0.314. The Bertz CT molecular complexity index is 507. The molecule has 0 bridgehead atoms. The average Bonchev–Trinajstić information content (AvgIpc) is 2.37. The Morgan fingerprint density at radius 2 is 1.76 bits per heavy atom. The summed E-state index contributed by atoms with van der Waals surface area (Å²) in [6.07, 6.45) is 0.957. The van der Waals surface area contributed by atoms with Crippen molar-refractivity contribution in [3.8, 4) is 0 Å². The maximum Gasteiger partial charge on any atom is 0.212 e.